The number of hydrogen-bond donors (Lipinski definition) is 1. The predicted molar refractivity (Wildman–Crippen MR) is 99.1 cm³/mol. The Labute approximate surface area is 152 Å². The molecule has 0 aliphatic rings. The molecular formula is C20H21N3O3. The fourth-order valence-corrected chi connectivity index (χ4v) is 2.64. The molecule has 2 aromatic carbocycles. The topological polar surface area (TPSA) is 65.4 Å². The molecule has 3 aromatic rings. The number of ether oxygens (including phenoxy) is 2. The van der Waals surface area contributed by atoms with E-state index in [1.807, 2.05) is 41.2 Å². The Hall–Kier alpha value is -3.28. The van der Waals surface area contributed by atoms with Gasteiger partial charge in [0.25, 0.3) is 5.91 Å². The summed E-state index contributed by atoms with van der Waals surface area (Å²) in [5.41, 5.74) is 2.64. The van der Waals surface area contributed by atoms with Gasteiger partial charge in [-0.05, 0) is 42.3 Å². The average Bonchev–Trinajstić information content (AvgIpc) is 3.22. The number of carbonyl (C=O) groups excluding carboxylic acids is 1. The molecule has 0 atom stereocenters. The number of rotatable bonds is 7. The molecular weight excluding hydrogens is 330 g/mol. The zero-order valence-electron chi connectivity index (χ0n) is 14.8. The summed E-state index contributed by atoms with van der Waals surface area (Å²) in [7, 11) is 3.11. The van der Waals surface area contributed by atoms with Crippen molar-refractivity contribution >= 4 is 5.91 Å². The highest BCUT2D eigenvalue weighted by Crippen LogP contribution is 2.24. The van der Waals surface area contributed by atoms with E-state index in [-0.39, 0.29) is 5.91 Å². The number of nitrogens with one attached hydrogen (secondary N) is 1. The van der Waals surface area contributed by atoms with Gasteiger partial charge in [0.15, 0.2) is 0 Å². The molecule has 1 heterocycles. The van der Waals surface area contributed by atoms with Crippen molar-refractivity contribution in [2.45, 2.75) is 6.42 Å². The molecule has 26 heavy (non-hydrogen) atoms. The van der Waals surface area contributed by atoms with Crippen LogP contribution in [0.1, 0.15) is 15.9 Å². The summed E-state index contributed by atoms with van der Waals surface area (Å²) in [6, 6.07) is 15.1. The van der Waals surface area contributed by atoms with E-state index >= 15 is 0 Å². The van der Waals surface area contributed by atoms with Crippen molar-refractivity contribution in [3.63, 3.8) is 0 Å². The molecule has 1 aromatic heterocycles. The van der Waals surface area contributed by atoms with Gasteiger partial charge in [-0.1, -0.05) is 12.1 Å². The van der Waals surface area contributed by atoms with Gasteiger partial charge >= 0.3 is 0 Å². The molecule has 0 aliphatic carbocycles. The maximum atomic E-state index is 12.4. The van der Waals surface area contributed by atoms with Crippen LogP contribution >= 0.6 is 0 Å². The van der Waals surface area contributed by atoms with E-state index in [1.165, 1.54) is 7.11 Å². The summed E-state index contributed by atoms with van der Waals surface area (Å²) in [6.45, 7) is 0.537. The summed E-state index contributed by atoms with van der Waals surface area (Å²) in [6.07, 6.45) is 4.39. The third-order valence-electron chi connectivity index (χ3n) is 4.06. The van der Waals surface area contributed by atoms with Crippen molar-refractivity contribution in [3.05, 3.63) is 72.1 Å². The zero-order valence-corrected chi connectivity index (χ0v) is 14.8. The molecule has 0 bridgehead atoms. The van der Waals surface area contributed by atoms with E-state index in [2.05, 4.69) is 10.4 Å². The molecule has 134 valence electrons. The van der Waals surface area contributed by atoms with Crippen LogP contribution in [0.2, 0.25) is 0 Å². The Bertz CT molecular complexity index is 859. The van der Waals surface area contributed by atoms with Gasteiger partial charge in [-0.15, -0.1) is 0 Å². The average molecular weight is 351 g/mol. The zero-order chi connectivity index (χ0) is 18.4. The van der Waals surface area contributed by atoms with Crippen molar-refractivity contribution in [1.82, 2.24) is 15.1 Å². The van der Waals surface area contributed by atoms with Gasteiger partial charge in [-0.25, -0.2) is 4.68 Å². The Kier molecular flexibility index (Phi) is 5.53. The van der Waals surface area contributed by atoms with Gasteiger partial charge in [-0.2, -0.15) is 5.10 Å². The molecule has 0 aliphatic heterocycles. The first-order valence-corrected chi connectivity index (χ1v) is 8.30. The minimum absolute atomic E-state index is 0.169. The monoisotopic (exact) mass is 351 g/mol. The lowest BCUT2D eigenvalue weighted by Gasteiger charge is -2.11. The number of methoxy groups -OCH3 is 2. The van der Waals surface area contributed by atoms with Crippen molar-refractivity contribution in [1.29, 1.82) is 0 Å². The molecule has 3 rings (SSSR count). The summed E-state index contributed by atoms with van der Waals surface area (Å²) in [5.74, 6) is 0.971. The van der Waals surface area contributed by atoms with E-state index < -0.39 is 0 Å². The second kappa shape index (κ2) is 8.20. The summed E-state index contributed by atoms with van der Waals surface area (Å²) in [4.78, 5) is 12.4. The molecule has 0 fully saturated rings. The Morgan fingerprint density at radius 2 is 1.92 bits per heavy atom. The Balaban J connectivity index is 1.57. The van der Waals surface area contributed by atoms with Gasteiger partial charge in [0.05, 0.1) is 25.5 Å². The van der Waals surface area contributed by atoms with Crippen molar-refractivity contribution < 1.29 is 14.3 Å². The molecule has 0 saturated heterocycles. The van der Waals surface area contributed by atoms with Gasteiger partial charge in [0.1, 0.15) is 11.5 Å². The van der Waals surface area contributed by atoms with Gasteiger partial charge in [-0.3, -0.25) is 4.79 Å². The number of hydrogen-bond acceptors (Lipinski definition) is 4. The van der Waals surface area contributed by atoms with Crippen molar-refractivity contribution in [2.75, 3.05) is 20.8 Å². The summed E-state index contributed by atoms with van der Waals surface area (Å²) >= 11 is 0. The molecule has 6 nitrogen and oxygen atoms in total. The Morgan fingerprint density at radius 1 is 1.12 bits per heavy atom. The van der Waals surface area contributed by atoms with E-state index in [0.717, 1.165) is 17.7 Å². The van der Waals surface area contributed by atoms with Crippen LogP contribution in [0.15, 0.2) is 60.9 Å². The lowest BCUT2D eigenvalue weighted by molar-refractivity contribution is 0.0951. The number of benzene rings is 2. The normalized spacial score (nSPS) is 10.4. The van der Waals surface area contributed by atoms with Crippen LogP contribution in [0.4, 0.5) is 0 Å². The highest BCUT2D eigenvalue weighted by molar-refractivity contribution is 5.97. The number of nitrogens with zero attached hydrogens (tertiary/aromatic N) is 2. The first-order valence-electron chi connectivity index (χ1n) is 8.30. The first-order chi connectivity index (χ1) is 12.7. The van der Waals surface area contributed by atoms with Crippen LogP contribution in [-0.2, 0) is 6.42 Å². The van der Waals surface area contributed by atoms with Crippen LogP contribution in [0.25, 0.3) is 5.69 Å². The third-order valence-corrected chi connectivity index (χ3v) is 4.06. The largest absolute Gasteiger partial charge is 0.497 e. The maximum absolute atomic E-state index is 12.4. The van der Waals surface area contributed by atoms with Crippen LogP contribution in [0.5, 0.6) is 11.5 Å². The summed E-state index contributed by atoms with van der Waals surface area (Å²) in [5, 5.41) is 7.13. The lowest BCUT2D eigenvalue weighted by atomic mass is 10.1. The number of aromatic nitrogens is 2. The summed E-state index contributed by atoms with van der Waals surface area (Å²) < 4.78 is 12.2. The number of carbonyl (C=O) groups is 1. The standard InChI is InChI=1S/C20H21N3O3/c1-25-17-8-9-18(19(14-17)26-2)20(24)21-12-10-15-4-6-16(7-5-15)23-13-3-11-22-23/h3-9,11,13-14H,10,12H2,1-2H3,(H,21,24). The minimum Gasteiger partial charge on any atom is -0.497 e. The van der Waals surface area contributed by atoms with Crippen LogP contribution in [0, 0.1) is 0 Å². The molecule has 0 saturated carbocycles. The molecule has 6 heteroatoms. The van der Waals surface area contributed by atoms with E-state index in [9.17, 15) is 4.79 Å². The van der Waals surface area contributed by atoms with Gasteiger partial charge in [0.2, 0.25) is 0 Å². The van der Waals surface area contributed by atoms with E-state index in [0.29, 0.717) is 23.6 Å². The van der Waals surface area contributed by atoms with Gasteiger partial charge in [0, 0.05) is 25.0 Å². The molecule has 0 spiro atoms. The molecule has 1 N–H and O–H groups in total. The maximum Gasteiger partial charge on any atom is 0.255 e. The third kappa shape index (κ3) is 4.03. The highest BCUT2D eigenvalue weighted by atomic mass is 16.5. The highest BCUT2D eigenvalue weighted by Gasteiger charge is 2.12. The first kappa shape index (κ1) is 17.5. The van der Waals surface area contributed by atoms with E-state index in [1.54, 1.807) is 31.5 Å². The second-order valence-corrected chi connectivity index (χ2v) is 5.69. The molecule has 1 amide bonds. The SMILES string of the molecule is COc1ccc(C(=O)NCCc2ccc(-n3cccn3)cc2)c(OC)c1. The molecule has 0 unspecified atom stereocenters. The Morgan fingerprint density at radius 3 is 2.58 bits per heavy atom. The van der Waals surface area contributed by atoms with Crippen LogP contribution < -0.4 is 14.8 Å². The fourth-order valence-electron chi connectivity index (χ4n) is 2.64. The van der Waals surface area contributed by atoms with Crippen molar-refractivity contribution in [2.24, 2.45) is 0 Å². The minimum atomic E-state index is -0.169. The lowest BCUT2D eigenvalue weighted by Crippen LogP contribution is -2.26. The fraction of sp³-hybridized carbons (Fsp3) is 0.200. The van der Waals surface area contributed by atoms with E-state index in [4.69, 9.17) is 9.47 Å². The van der Waals surface area contributed by atoms with Crippen molar-refractivity contribution in [3.8, 4) is 17.2 Å². The van der Waals surface area contributed by atoms with Gasteiger partial charge < -0.3 is 14.8 Å². The smallest absolute Gasteiger partial charge is 0.255 e. The molecule has 0 radical (unpaired) electrons. The quantitative estimate of drug-likeness (QED) is 0.711. The predicted octanol–water partition coefficient (Wildman–Crippen LogP) is 2.86. The van der Waals surface area contributed by atoms with Crippen LogP contribution in [0.3, 0.4) is 0 Å². The number of amides is 1. The second-order valence-electron chi connectivity index (χ2n) is 5.69. The van der Waals surface area contributed by atoms with Crippen LogP contribution in [-0.4, -0.2) is 36.5 Å².